The minimum absolute atomic E-state index is 0.212. The van der Waals surface area contributed by atoms with E-state index >= 15 is 0 Å². The maximum absolute atomic E-state index is 9.56. The van der Waals surface area contributed by atoms with Gasteiger partial charge in [-0.1, -0.05) is 0 Å². The Morgan fingerprint density at radius 3 is 2.75 bits per heavy atom. The summed E-state index contributed by atoms with van der Waals surface area (Å²) in [5.74, 6) is 0.912. The summed E-state index contributed by atoms with van der Waals surface area (Å²) in [7, 11) is 3.19. The van der Waals surface area contributed by atoms with Crippen LogP contribution < -0.4 is 10.2 Å². The normalized spacial score (nSPS) is 10.4. The number of rotatable bonds is 7. The van der Waals surface area contributed by atoms with Crippen LogP contribution in [0.1, 0.15) is 5.56 Å². The number of phenolic OH excluding ortho intramolecular Hbond substituents is 1. The zero-order valence-electron chi connectivity index (χ0n) is 9.53. The van der Waals surface area contributed by atoms with E-state index in [4.69, 9.17) is 14.3 Å². The highest BCUT2D eigenvalue weighted by atomic mass is 16.7. The van der Waals surface area contributed by atoms with E-state index in [9.17, 15) is 5.11 Å². The molecular weight excluding hydrogens is 210 g/mol. The monoisotopic (exact) mass is 227 g/mol. The Morgan fingerprint density at radius 1 is 1.25 bits per heavy atom. The van der Waals surface area contributed by atoms with Crippen molar-refractivity contribution in [1.29, 1.82) is 0 Å². The van der Waals surface area contributed by atoms with Gasteiger partial charge in [0.1, 0.15) is 11.5 Å². The smallest absolute Gasteiger partial charge is 0.120 e. The van der Waals surface area contributed by atoms with Gasteiger partial charge in [0.2, 0.25) is 0 Å². The average molecular weight is 227 g/mol. The van der Waals surface area contributed by atoms with Crippen LogP contribution >= 0.6 is 0 Å². The highest BCUT2D eigenvalue weighted by Gasteiger charge is 2.02. The van der Waals surface area contributed by atoms with E-state index in [1.807, 2.05) is 0 Å². The molecule has 5 heteroatoms. The summed E-state index contributed by atoms with van der Waals surface area (Å²) in [6, 6.07) is 5.04. The molecule has 90 valence electrons. The van der Waals surface area contributed by atoms with E-state index in [1.54, 1.807) is 32.4 Å². The highest BCUT2D eigenvalue weighted by Crippen LogP contribution is 2.22. The predicted molar refractivity (Wildman–Crippen MR) is 59.3 cm³/mol. The van der Waals surface area contributed by atoms with Gasteiger partial charge in [0.25, 0.3) is 0 Å². The van der Waals surface area contributed by atoms with Crippen LogP contribution in [0.3, 0.4) is 0 Å². The van der Waals surface area contributed by atoms with Crippen molar-refractivity contribution >= 4 is 0 Å². The van der Waals surface area contributed by atoms with Crippen LogP contribution in [-0.2, 0) is 16.1 Å². The lowest BCUT2D eigenvalue weighted by molar-refractivity contribution is 0.00320. The topological polar surface area (TPSA) is 60.0 Å². The van der Waals surface area contributed by atoms with Gasteiger partial charge in [-0.25, -0.2) is 0 Å². The van der Waals surface area contributed by atoms with Gasteiger partial charge in [-0.05, 0) is 18.2 Å². The molecule has 1 aromatic rings. The number of hydrogen-bond acceptors (Lipinski definition) is 5. The van der Waals surface area contributed by atoms with Gasteiger partial charge in [0, 0.05) is 19.2 Å². The minimum Gasteiger partial charge on any atom is -0.508 e. The summed E-state index contributed by atoms with van der Waals surface area (Å²) in [5.41, 5.74) is 3.45. The van der Waals surface area contributed by atoms with Crippen LogP contribution in [0.4, 0.5) is 0 Å². The predicted octanol–water partition coefficient (Wildman–Crippen LogP) is 1.07. The molecule has 0 aromatic heterocycles. The summed E-state index contributed by atoms with van der Waals surface area (Å²) >= 11 is 0. The van der Waals surface area contributed by atoms with Crippen molar-refractivity contribution in [3.8, 4) is 11.5 Å². The first-order valence-electron chi connectivity index (χ1n) is 4.97. The van der Waals surface area contributed by atoms with E-state index in [0.29, 0.717) is 25.5 Å². The molecule has 0 fully saturated rings. The number of hydrogen-bond donors (Lipinski definition) is 2. The Labute approximate surface area is 94.9 Å². The molecule has 2 N–H and O–H groups in total. The Bertz CT molecular complexity index is 317. The maximum Gasteiger partial charge on any atom is 0.120 e. The second-order valence-electron chi connectivity index (χ2n) is 3.16. The van der Waals surface area contributed by atoms with Crippen LogP contribution in [0, 0.1) is 0 Å². The van der Waals surface area contributed by atoms with Crippen molar-refractivity contribution < 1.29 is 19.4 Å². The van der Waals surface area contributed by atoms with Crippen LogP contribution in [0.5, 0.6) is 11.5 Å². The van der Waals surface area contributed by atoms with E-state index in [-0.39, 0.29) is 5.75 Å². The third-order valence-corrected chi connectivity index (χ3v) is 2.04. The first-order chi connectivity index (χ1) is 7.77. The third kappa shape index (κ3) is 4.06. The SMILES string of the molecule is COCCONCc1cc(OC)ccc1O. The lowest BCUT2D eigenvalue weighted by Gasteiger charge is -2.08. The van der Waals surface area contributed by atoms with Crippen LogP contribution in [-0.4, -0.2) is 32.5 Å². The van der Waals surface area contributed by atoms with E-state index in [1.165, 1.54) is 0 Å². The molecule has 16 heavy (non-hydrogen) atoms. The number of phenols is 1. The molecule has 0 atom stereocenters. The molecule has 0 spiro atoms. The van der Waals surface area contributed by atoms with Crippen molar-refractivity contribution in [1.82, 2.24) is 5.48 Å². The van der Waals surface area contributed by atoms with Gasteiger partial charge in [-0.3, -0.25) is 4.84 Å². The highest BCUT2D eigenvalue weighted by molar-refractivity contribution is 5.39. The van der Waals surface area contributed by atoms with Gasteiger partial charge in [-0.15, -0.1) is 0 Å². The average Bonchev–Trinajstić information content (AvgIpc) is 2.31. The molecule has 0 aliphatic heterocycles. The van der Waals surface area contributed by atoms with Crippen molar-refractivity contribution in [2.24, 2.45) is 0 Å². The van der Waals surface area contributed by atoms with Crippen LogP contribution in [0.15, 0.2) is 18.2 Å². The molecule has 1 rings (SSSR count). The Morgan fingerprint density at radius 2 is 2.06 bits per heavy atom. The Balaban J connectivity index is 2.40. The molecule has 0 unspecified atom stereocenters. The molecule has 0 amide bonds. The zero-order chi connectivity index (χ0) is 11.8. The minimum atomic E-state index is 0.212. The number of hydroxylamine groups is 1. The molecule has 0 saturated carbocycles. The molecule has 0 radical (unpaired) electrons. The molecule has 0 heterocycles. The summed E-state index contributed by atoms with van der Waals surface area (Å²) < 4.78 is 9.87. The largest absolute Gasteiger partial charge is 0.508 e. The summed E-state index contributed by atoms with van der Waals surface area (Å²) in [5, 5.41) is 9.56. The first kappa shape index (κ1) is 12.8. The molecular formula is C11H17NO4. The van der Waals surface area contributed by atoms with Crippen molar-refractivity contribution in [3.63, 3.8) is 0 Å². The van der Waals surface area contributed by atoms with Gasteiger partial charge in [0.05, 0.1) is 20.3 Å². The maximum atomic E-state index is 9.56. The van der Waals surface area contributed by atoms with E-state index in [0.717, 1.165) is 5.56 Å². The van der Waals surface area contributed by atoms with Crippen molar-refractivity contribution in [2.45, 2.75) is 6.54 Å². The van der Waals surface area contributed by atoms with Gasteiger partial charge >= 0.3 is 0 Å². The van der Waals surface area contributed by atoms with Crippen LogP contribution in [0.25, 0.3) is 0 Å². The standard InChI is InChI=1S/C11H17NO4/c1-14-5-6-16-12-8-9-7-10(15-2)3-4-11(9)13/h3-4,7,12-13H,5-6,8H2,1-2H3. The molecule has 0 saturated heterocycles. The second kappa shape index (κ2) is 7.05. The molecule has 0 aliphatic rings. The Hall–Kier alpha value is -1.30. The number of methoxy groups -OCH3 is 2. The Kier molecular flexibility index (Phi) is 5.63. The van der Waals surface area contributed by atoms with E-state index in [2.05, 4.69) is 5.48 Å². The molecule has 0 aliphatic carbocycles. The third-order valence-electron chi connectivity index (χ3n) is 2.04. The molecule has 5 nitrogen and oxygen atoms in total. The number of ether oxygens (including phenoxy) is 2. The fourth-order valence-electron chi connectivity index (χ4n) is 1.16. The fourth-order valence-corrected chi connectivity index (χ4v) is 1.16. The van der Waals surface area contributed by atoms with Crippen molar-refractivity contribution in [3.05, 3.63) is 23.8 Å². The fraction of sp³-hybridized carbons (Fsp3) is 0.455. The number of benzene rings is 1. The first-order valence-corrected chi connectivity index (χ1v) is 4.97. The number of aromatic hydroxyl groups is 1. The lowest BCUT2D eigenvalue weighted by Crippen LogP contribution is -2.17. The molecule has 1 aromatic carbocycles. The van der Waals surface area contributed by atoms with Gasteiger partial charge in [-0.2, -0.15) is 5.48 Å². The summed E-state index contributed by atoms with van der Waals surface area (Å²) in [6.45, 7) is 1.39. The summed E-state index contributed by atoms with van der Waals surface area (Å²) in [4.78, 5) is 5.08. The number of nitrogens with one attached hydrogen (secondary N) is 1. The lowest BCUT2D eigenvalue weighted by atomic mass is 10.2. The quantitative estimate of drug-likeness (QED) is 0.539. The van der Waals surface area contributed by atoms with E-state index < -0.39 is 0 Å². The van der Waals surface area contributed by atoms with Crippen molar-refractivity contribution in [2.75, 3.05) is 27.4 Å². The van der Waals surface area contributed by atoms with Gasteiger partial charge < -0.3 is 14.6 Å². The zero-order valence-corrected chi connectivity index (χ0v) is 9.53. The second-order valence-corrected chi connectivity index (χ2v) is 3.16. The van der Waals surface area contributed by atoms with Crippen LogP contribution in [0.2, 0.25) is 0 Å². The molecule has 0 bridgehead atoms. The van der Waals surface area contributed by atoms with Gasteiger partial charge in [0.15, 0.2) is 0 Å². The summed E-state index contributed by atoms with van der Waals surface area (Å²) in [6.07, 6.45) is 0.